The van der Waals surface area contributed by atoms with Gasteiger partial charge in [-0.25, -0.2) is 0 Å². The number of methoxy groups -OCH3 is 2. The van der Waals surface area contributed by atoms with Gasteiger partial charge >= 0.3 is 0 Å². The lowest BCUT2D eigenvalue weighted by Gasteiger charge is -2.18. The van der Waals surface area contributed by atoms with Crippen LogP contribution in [0.25, 0.3) is 10.9 Å². The molecule has 26 heavy (non-hydrogen) atoms. The van der Waals surface area contributed by atoms with Gasteiger partial charge in [0.05, 0.1) is 37.1 Å². The van der Waals surface area contributed by atoms with Crippen LogP contribution < -0.4 is 19.9 Å². The van der Waals surface area contributed by atoms with Crippen molar-refractivity contribution < 1.29 is 19.4 Å². The molecular weight excluding hydrogens is 356 g/mol. The number of carboxylic acid groups (broad SMARTS) is 1. The smallest absolute Gasteiger partial charge is 0.145 e. The summed E-state index contributed by atoms with van der Waals surface area (Å²) in [4.78, 5) is 15.8. The van der Waals surface area contributed by atoms with Gasteiger partial charge in [0.25, 0.3) is 0 Å². The first-order valence-corrected chi connectivity index (χ1v) is 8.12. The number of aromatic nitrogens is 1. The van der Waals surface area contributed by atoms with Crippen LogP contribution in [0.4, 0.5) is 11.4 Å². The summed E-state index contributed by atoms with van der Waals surface area (Å²) in [6.45, 7) is 1.83. The molecule has 7 heteroatoms. The molecule has 0 atom stereocenters. The molecule has 6 nitrogen and oxygen atoms in total. The summed E-state index contributed by atoms with van der Waals surface area (Å²) < 4.78 is 10.6. The maximum atomic E-state index is 11.6. The van der Waals surface area contributed by atoms with E-state index in [2.05, 4.69) is 10.3 Å². The lowest BCUT2D eigenvalue weighted by atomic mass is 10.1. The number of benzene rings is 2. The number of rotatable bonds is 5. The average molecular weight is 372 g/mol. The first-order chi connectivity index (χ1) is 12.5. The van der Waals surface area contributed by atoms with Gasteiger partial charge < -0.3 is 24.7 Å². The Morgan fingerprint density at radius 3 is 2.62 bits per heavy atom. The zero-order valence-corrected chi connectivity index (χ0v) is 15.2. The second-order valence-corrected chi connectivity index (χ2v) is 6.00. The number of pyridine rings is 1. The van der Waals surface area contributed by atoms with Crippen LogP contribution >= 0.6 is 11.6 Å². The van der Waals surface area contributed by atoms with Crippen molar-refractivity contribution in [3.05, 3.63) is 52.7 Å². The average Bonchev–Trinajstić information content (AvgIpc) is 2.65. The molecule has 1 aromatic heterocycles. The number of aromatic carboxylic acids is 1. The number of aryl methyl sites for hydroxylation is 1. The molecule has 1 heterocycles. The molecule has 0 amide bonds. The van der Waals surface area contributed by atoms with Crippen LogP contribution in [0.5, 0.6) is 11.5 Å². The molecule has 3 aromatic rings. The van der Waals surface area contributed by atoms with Gasteiger partial charge in [-0.05, 0) is 36.8 Å². The van der Waals surface area contributed by atoms with Gasteiger partial charge in [0.2, 0.25) is 0 Å². The predicted molar refractivity (Wildman–Crippen MR) is 98.6 cm³/mol. The van der Waals surface area contributed by atoms with Crippen molar-refractivity contribution in [2.24, 2.45) is 0 Å². The highest BCUT2D eigenvalue weighted by Gasteiger charge is 2.15. The highest BCUT2D eigenvalue weighted by molar-refractivity contribution is 6.32. The van der Waals surface area contributed by atoms with Gasteiger partial charge in [0.15, 0.2) is 0 Å². The number of nitrogens with one attached hydrogen (secondary N) is 1. The fourth-order valence-corrected chi connectivity index (χ4v) is 2.86. The maximum Gasteiger partial charge on any atom is 0.145 e. The summed E-state index contributed by atoms with van der Waals surface area (Å²) in [5.41, 5.74) is 2.25. The molecule has 0 saturated heterocycles. The summed E-state index contributed by atoms with van der Waals surface area (Å²) in [6.07, 6.45) is 1.26. The molecular formula is C19H16ClN2O4-. The number of hydrogen-bond acceptors (Lipinski definition) is 6. The molecule has 1 N–H and O–H groups in total. The molecule has 0 bridgehead atoms. The van der Waals surface area contributed by atoms with Crippen LogP contribution in [-0.2, 0) is 0 Å². The number of nitrogens with zero attached hydrogens (tertiary/aromatic N) is 1. The third-order valence-corrected chi connectivity index (χ3v) is 4.52. The number of anilines is 2. The van der Waals surface area contributed by atoms with E-state index in [0.29, 0.717) is 38.8 Å². The van der Waals surface area contributed by atoms with Gasteiger partial charge in [0.1, 0.15) is 11.5 Å². The lowest BCUT2D eigenvalue weighted by Crippen LogP contribution is -2.23. The first kappa shape index (κ1) is 17.8. The summed E-state index contributed by atoms with van der Waals surface area (Å²) in [5, 5.41) is 15.9. The van der Waals surface area contributed by atoms with Crippen molar-refractivity contribution in [1.29, 1.82) is 0 Å². The number of carboxylic acids is 1. The van der Waals surface area contributed by atoms with E-state index in [0.717, 1.165) is 5.56 Å². The van der Waals surface area contributed by atoms with Crippen molar-refractivity contribution in [3.63, 3.8) is 0 Å². The van der Waals surface area contributed by atoms with Crippen LogP contribution in [0.3, 0.4) is 0 Å². The van der Waals surface area contributed by atoms with Crippen LogP contribution in [0.15, 0.2) is 36.5 Å². The van der Waals surface area contributed by atoms with E-state index in [-0.39, 0.29) is 5.56 Å². The van der Waals surface area contributed by atoms with Gasteiger partial charge in [-0.2, -0.15) is 0 Å². The van der Waals surface area contributed by atoms with E-state index in [9.17, 15) is 9.90 Å². The third-order valence-electron chi connectivity index (χ3n) is 4.11. The quantitative estimate of drug-likeness (QED) is 0.740. The molecule has 0 aliphatic carbocycles. The molecule has 0 saturated carbocycles. The van der Waals surface area contributed by atoms with Crippen LogP contribution in [0.1, 0.15) is 15.9 Å². The van der Waals surface area contributed by atoms with E-state index >= 15 is 0 Å². The molecule has 0 radical (unpaired) electrons. The number of ether oxygens (including phenoxy) is 2. The maximum absolute atomic E-state index is 11.6. The molecule has 2 aromatic carbocycles. The Labute approximate surface area is 155 Å². The van der Waals surface area contributed by atoms with E-state index in [1.54, 1.807) is 37.4 Å². The molecule has 3 rings (SSSR count). The fraction of sp³-hybridized carbons (Fsp3) is 0.158. The Balaban J connectivity index is 2.22. The number of hydrogen-bond donors (Lipinski definition) is 1. The molecule has 0 aliphatic heterocycles. The van der Waals surface area contributed by atoms with Crippen molar-refractivity contribution >= 4 is 39.8 Å². The monoisotopic (exact) mass is 371 g/mol. The topological polar surface area (TPSA) is 83.5 Å². The second-order valence-electron chi connectivity index (χ2n) is 5.59. The van der Waals surface area contributed by atoms with E-state index < -0.39 is 5.97 Å². The standard InChI is InChI=1S/C19H17ClN2O4/c1-10-14(20)6-5-12-17(10)21-9-13(19(23)24)18(12)22-15-7-4-11(25-2)8-16(15)26-3/h4-9H,1-3H3,(H,21,22)(H,23,24)/p-1. The number of halogens is 1. The largest absolute Gasteiger partial charge is 0.545 e. The van der Waals surface area contributed by atoms with E-state index in [4.69, 9.17) is 21.1 Å². The summed E-state index contributed by atoms with van der Waals surface area (Å²) in [5.74, 6) is -0.207. The van der Waals surface area contributed by atoms with Crippen molar-refractivity contribution in [2.45, 2.75) is 6.92 Å². The fourth-order valence-electron chi connectivity index (χ4n) is 2.71. The summed E-state index contributed by atoms with van der Waals surface area (Å²) in [7, 11) is 3.08. The van der Waals surface area contributed by atoms with Crippen LogP contribution in [-0.4, -0.2) is 25.2 Å². The Bertz CT molecular complexity index is 1000. The second kappa shape index (κ2) is 7.09. The Hall–Kier alpha value is -2.99. The highest BCUT2D eigenvalue weighted by Crippen LogP contribution is 2.36. The van der Waals surface area contributed by atoms with Gasteiger partial charge in [-0.15, -0.1) is 0 Å². The highest BCUT2D eigenvalue weighted by atomic mass is 35.5. The summed E-state index contributed by atoms with van der Waals surface area (Å²) >= 11 is 6.16. The van der Waals surface area contributed by atoms with E-state index in [1.165, 1.54) is 13.3 Å². The van der Waals surface area contributed by atoms with Gasteiger partial charge in [0, 0.05) is 28.2 Å². The first-order valence-electron chi connectivity index (χ1n) is 7.74. The number of carbonyl (C=O) groups is 1. The molecule has 0 unspecified atom stereocenters. The zero-order chi connectivity index (χ0) is 18.8. The number of fused-ring (bicyclic) bond motifs is 1. The molecule has 134 valence electrons. The Kier molecular flexibility index (Phi) is 4.86. The zero-order valence-electron chi connectivity index (χ0n) is 14.4. The van der Waals surface area contributed by atoms with E-state index in [1.807, 2.05) is 6.92 Å². The normalized spacial score (nSPS) is 10.6. The van der Waals surface area contributed by atoms with Crippen molar-refractivity contribution in [1.82, 2.24) is 4.98 Å². The minimum absolute atomic E-state index is 0.0582. The van der Waals surface area contributed by atoms with Gasteiger partial charge in [-0.3, -0.25) is 4.98 Å². The van der Waals surface area contributed by atoms with Crippen LogP contribution in [0.2, 0.25) is 5.02 Å². The minimum Gasteiger partial charge on any atom is -0.545 e. The SMILES string of the molecule is COc1ccc(Nc2c(C(=O)[O-])cnc3c(C)c(Cl)ccc23)c(OC)c1. The Morgan fingerprint density at radius 1 is 1.19 bits per heavy atom. The predicted octanol–water partition coefficient (Wildman–Crippen LogP) is 3.32. The third kappa shape index (κ3) is 3.11. The number of carbonyl (C=O) groups excluding carboxylic acids is 1. The Morgan fingerprint density at radius 2 is 1.96 bits per heavy atom. The van der Waals surface area contributed by atoms with Crippen molar-refractivity contribution in [3.8, 4) is 11.5 Å². The minimum atomic E-state index is -1.33. The molecule has 0 spiro atoms. The molecule has 0 aliphatic rings. The van der Waals surface area contributed by atoms with Crippen molar-refractivity contribution in [2.75, 3.05) is 19.5 Å². The van der Waals surface area contributed by atoms with Gasteiger partial charge in [-0.1, -0.05) is 11.6 Å². The molecule has 0 fully saturated rings. The lowest BCUT2D eigenvalue weighted by molar-refractivity contribution is -0.254. The van der Waals surface area contributed by atoms with Crippen LogP contribution in [0, 0.1) is 6.92 Å². The summed E-state index contributed by atoms with van der Waals surface area (Å²) in [6, 6.07) is 8.62.